The number of aromatic nitrogens is 3. The second-order valence-corrected chi connectivity index (χ2v) is 2.85. The fourth-order valence-electron chi connectivity index (χ4n) is 1.20. The molecule has 0 saturated carbocycles. The summed E-state index contributed by atoms with van der Waals surface area (Å²) in [4.78, 5) is 3.29. The summed E-state index contributed by atoms with van der Waals surface area (Å²) in [5, 5.41) is 6.54. The Bertz CT molecular complexity index is 491. The molecule has 2 aromatic rings. The third kappa shape index (κ3) is 1.60. The van der Waals surface area contributed by atoms with Crippen molar-refractivity contribution in [2.75, 3.05) is 7.11 Å². The van der Waals surface area contributed by atoms with Crippen molar-refractivity contribution < 1.29 is 17.9 Å². The number of rotatable bonds is 1. The van der Waals surface area contributed by atoms with Crippen molar-refractivity contribution in [1.29, 1.82) is 0 Å². The molecule has 0 fully saturated rings. The number of nitrogens with one attached hydrogen (secondary N) is 1. The summed E-state index contributed by atoms with van der Waals surface area (Å²) in [5.74, 6) is 0.228. The Kier molecular flexibility index (Phi) is 2.02. The molecular weight excluding hydrogens is 211 g/mol. The van der Waals surface area contributed by atoms with E-state index in [-0.39, 0.29) is 11.4 Å². The number of H-pyrrole nitrogens is 1. The van der Waals surface area contributed by atoms with Gasteiger partial charge >= 0.3 is 6.18 Å². The van der Waals surface area contributed by atoms with Crippen LogP contribution in [0.25, 0.3) is 10.9 Å². The van der Waals surface area contributed by atoms with E-state index in [4.69, 9.17) is 4.74 Å². The molecule has 7 heteroatoms. The lowest BCUT2D eigenvalue weighted by atomic mass is 10.3. The monoisotopic (exact) mass is 217 g/mol. The van der Waals surface area contributed by atoms with Crippen molar-refractivity contribution in [2.24, 2.45) is 0 Å². The van der Waals surface area contributed by atoms with E-state index >= 15 is 0 Å². The molecule has 15 heavy (non-hydrogen) atoms. The fourth-order valence-corrected chi connectivity index (χ4v) is 1.20. The molecule has 0 bridgehead atoms. The maximum atomic E-state index is 12.3. The first-order valence-electron chi connectivity index (χ1n) is 3.97. The number of nitrogens with zero attached hydrogens (tertiary/aromatic N) is 2. The minimum Gasteiger partial charge on any atom is -0.479 e. The van der Waals surface area contributed by atoms with Crippen LogP contribution < -0.4 is 4.74 Å². The predicted molar refractivity (Wildman–Crippen MR) is 45.4 cm³/mol. The van der Waals surface area contributed by atoms with Crippen LogP contribution in [0.1, 0.15) is 5.69 Å². The van der Waals surface area contributed by atoms with Crippen LogP contribution in [-0.4, -0.2) is 22.3 Å². The summed E-state index contributed by atoms with van der Waals surface area (Å²) in [6.07, 6.45) is -3.37. The van der Waals surface area contributed by atoms with Crippen LogP contribution in [0.2, 0.25) is 0 Å². The Balaban J connectivity index is 2.58. The zero-order valence-electron chi connectivity index (χ0n) is 7.59. The summed E-state index contributed by atoms with van der Waals surface area (Å²) in [5.41, 5.74) is -0.713. The highest BCUT2D eigenvalue weighted by Gasteiger charge is 2.32. The quantitative estimate of drug-likeness (QED) is 0.794. The summed E-state index contributed by atoms with van der Waals surface area (Å²) in [6, 6.07) is 0.894. The maximum absolute atomic E-state index is 12.3. The van der Waals surface area contributed by atoms with Crippen LogP contribution in [0.3, 0.4) is 0 Å². The first kappa shape index (κ1) is 9.75. The standard InChI is InChI=1S/C8H6F3N3O/c1-15-7-4-3-12-6(8(9,10)11)2-5(4)13-14-7/h2-3H,1H3,(H,13,14). The van der Waals surface area contributed by atoms with Crippen molar-refractivity contribution >= 4 is 10.9 Å². The molecule has 2 rings (SSSR count). The molecular formula is C8H6F3N3O. The predicted octanol–water partition coefficient (Wildman–Crippen LogP) is 1.99. The topological polar surface area (TPSA) is 50.8 Å². The normalized spacial score (nSPS) is 12.0. The zero-order chi connectivity index (χ0) is 11.1. The molecule has 0 aromatic carbocycles. The van der Waals surface area contributed by atoms with Gasteiger partial charge in [-0.2, -0.15) is 13.2 Å². The van der Waals surface area contributed by atoms with Gasteiger partial charge in [0.1, 0.15) is 5.69 Å². The summed E-state index contributed by atoms with van der Waals surface area (Å²) in [6.45, 7) is 0. The SMILES string of the molecule is COc1n[nH]c2cc(C(F)(F)F)ncc12. The average Bonchev–Trinajstić information content (AvgIpc) is 2.58. The largest absolute Gasteiger partial charge is 0.479 e. The van der Waals surface area contributed by atoms with E-state index in [0.29, 0.717) is 5.39 Å². The zero-order valence-corrected chi connectivity index (χ0v) is 7.59. The van der Waals surface area contributed by atoms with Gasteiger partial charge in [-0.15, -0.1) is 5.10 Å². The van der Waals surface area contributed by atoms with Crippen LogP contribution in [0.4, 0.5) is 13.2 Å². The van der Waals surface area contributed by atoms with Crippen LogP contribution in [-0.2, 0) is 6.18 Å². The Labute approximate surface area is 82.1 Å². The first-order chi connectivity index (χ1) is 7.02. The van der Waals surface area contributed by atoms with Gasteiger partial charge in [-0.25, -0.2) is 0 Å². The van der Waals surface area contributed by atoms with Crippen LogP contribution >= 0.6 is 0 Å². The number of halogens is 3. The van der Waals surface area contributed by atoms with Crippen molar-refractivity contribution in [2.45, 2.75) is 6.18 Å². The number of hydrogen-bond donors (Lipinski definition) is 1. The molecule has 80 valence electrons. The molecule has 0 aliphatic rings. The third-order valence-electron chi connectivity index (χ3n) is 1.90. The highest BCUT2D eigenvalue weighted by Crippen LogP contribution is 2.30. The summed E-state index contributed by atoms with van der Waals surface area (Å²) in [7, 11) is 1.38. The van der Waals surface area contributed by atoms with Crippen LogP contribution in [0.5, 0.6) is 5.88 Å². The van der Waals surface area contributed by atoms with E-state index in [1.165, 1.54) is 7.11 Å². The Morgan fingerprint density at radius 2 is 2.13 bits per heavy atom. The first-order valence-corrected chi connectivity index (χ1v) is 3.97. The summed E-state index contributed by atoms with van der Waals surface area (Å²) >= 11 is 0. The van der Waals surface area contributed by atoms with Gasteiger partial charge in [0, 0.05) is 6.20 Å². The van der Waals surface area contributed by atoms with Gasteiger partial charge in [-0.3, -0.25) is 10.1 Å². The lowest BCUT2D eigenvalue weighted by Crippen LogP contribution is -2.07. The Morgan fingerprint density at radius 1 is 1.40 bits per heavy atom. The highest BCUT2D eigenvalue weighted by atomic mass is 19.4. The van der Waals surface area contributed by atoms with Gasteiger partial charge in [0.25, 0.3) is 0 Å². The van der Waals surface area contributed by atoms with Gasteiger partial charge in [-0.1, -0.05) is 0 Å². The number of alkyl halides is 3. The molecule has 0 atom stereocenters. The third-order valence-corrected chi connectivity index (χ3v) is 1.90. The van der Waals surface area contributed by atoms with Gasteiger partial charge in [-0.05, 0) is 6.07 Å². The smallest absolute Gasteiger partial charge is 0.433 e. The molecule has 0 radical (unpaired) electrons. The molecule has 2 aromatic heterocycles. The molecule has 2 heterocycles. The Hall–Kier alpha value is -1.79. The van der Waals surface area contributed by atoms with Crippen molar-refractivity contribution in [3.05, 3.63) is 18.0 Å². The maximum Gasteiger partial charge on any atom is 0.433 e. The van der Waals surface area contributed by atoms with E-state index in [9.17, 15) is 13.2 Å². The van der Waals surface area contributed by atoms with E-state index < -0.39 is 11.9 Å². The minimum absolute atomic E-state index is 0.228. The molecule has 0 amide bonds. The van der Waals surface area contributed by atoms with Gasteiger partial charge in [0.15, 0.2) is 0 Å². The number of aromatic amines is 1. The van der Waals surface area contributed by atoms with Gasteiger partial charge < -0.3 is 4.74 Å². The Morgan fingerprint density at radius 3 is 2.73 bits per heavy atom. The number of pyridine rings is 1. The number of hydrogen-bond acceptors (Lipinski definition) is 3. The van der Waals surface area contributed by atoms with E-state index in [1.807, 2.05) is 0 Å². The second kappa shape index (κ2) is 3.11. The van der Waals surface area contributed by atoms with E-state index in [1.54, 1.807) is 0 Å². The molecule has 1 N–H and O–H groups in total. The molecule has 4 nitrogen and oxygen atoms in total. The minimum atomic E-state index is -4.45. The van der Waals surface area contributed by atoms with Crippen molar-refractivity contribution in [1.82, 2.24) is 15.2 Å². The molecule has 0 saturated heterocycles. The van der Waals surface area contributed by atoms with Gasteiger partial charge in [0.2, 0.25) is 5.88 Å². The van der Waals surface area contributed by atoms with Crippen molar-refractivity contribution in [3.63, 3.8) is 0 Å². The van der Waals surface area contributed by atoms with Crippen LogP contribution in [0, 0.1) is 0 Å². The van der Waals surface area contributed by atoms with Crippen LogP contribution in [0.15, 0.2) is 12.3 Å². The van der Waals surface area contributed by atoms with Crippen molar-refractivity contribution in [3.8, 4) is 5.88 Å². The fraction of sp³-hybridized carbons (Fsp3) is 0.250. The number of methoxy groups -OCH3 is 1. The highest BCUT2D eigenvalue weighted by molar-refractivity contribution is 5.83. The average molecular weight is 217 g/mol. The number of ether oxygens (including phenoxy) is 1. The van der Waals surface area contributed by atoms with Gasteiger partial charge in [0.05, 0.1) is 18.0 Å². The molecule has 0 aliphatic heterocycles. The van der Waals surface area contributed by atoms with E-state index in [2.05, 4.69) is 15.2 Å². The molecule has 0 spiro atoms. The lowest BCUT2D eigenvalue weighted by Gasteiger charge is -2.04. The molecule has 0 aliphatic carbocycles. The molecule has 0 unspecified atom stereocenters. The second-order valence-electron chi connectivity index (χ2n) is 2.85. The summed E-state index contributed by atoms with van der Waals surface area (Å²) < 4.78 is 41.7. The number of fused-ring (bicyclic) bond motifs is 1. The lowest BCUT2D eigenvalue weighted by molar-refractivity contribution is -0.141. The van der Waals surface area contributed by atoms with E-state index in [0.717, 1.165) is 12.3 Å².